The molecule has 0 unspecified atom stereocenters. The van der Waals surface area contributed by atoms with E-state index in [0.29, 0.717) is 11.4 Å². The number of H-pyrrole nitrogens is 1. The van der Waals surface area contributed by atoms with Crippen LogP contribution in [0.15, 0.2) is 71.8 Å². The summed E-state index contributed by atoms with van der Waals surface area (Å²) in [5, 5.41) is 10.3. The van der Waals surface area contributed by atoms with E-state index in [1.165, 1.54) is 6.33 Å². The molecule has 0 aliphatic rings. The number of hydrogen-bond acceptors (Lipinski definition) is 6. The summed E-state index contributed by atoms with van der Waals surface area (Å²) in [7, 11) is 0. The Bertz CT molecular complexity index is 1360. The number of amides is 2. The number of aromatic nitrogens is 5. The summed E-state index contributed by atoms with van der Waals surface area (Å²) in [4.78, 5) is 28.0. The van der Waals surface area contributed by atoms with Crippen LogP contribution in [0.2, 0.25) is 0 Å². The number of aromatic amines is 1. The average Bonchev–Trinajstić information content (AvgIpc) is 3.43. The van der Waals surface area contributed by atoms with Crippen molar-refractivity contribution in [2.45, 2.75) is 6.92 Å². The summed E-state index contributed by atoms with van der Waals surface area (Å²) in [6, 6.07) is 14.3. The number of urea groups is 1. The van der Waals surface area contributed by atoms with Crippen LogP contribution >= 0.6 is 0 Å². The van der Waals surface area contributed by atoms with Crippen molar-refractivity contribution < 1.29 is 9.32 Å². The molecule has 0 fully saturated rings. The number of anilines is 2. The van der Waals surface area contributed by atoms with Crippen LogP contribution in [-0.4, -0.2) is 31.1 Å². The normalized spacial score (nSPS) is 10.9. The van der Waals surface area contributed by atoms with Gasteiger partial charge in [-0.1, -0.05) is 17.3 Å². The molecule has 2 amide bonds. The monoisotopic (exact) mass is 411 g/mol. The molecule has 5 aromatic rings. The molecule has 0 spiro atoms. The second kappa shape index (κ2) is 7.71. The molecule has 152 valence electrons. The number of carbonyl (C=O) groups excluding carboxylic acids is 1. The lowest BCUT2D eigenvalue weighted by Crippen LogP contribution is -2.18. The fourth-order valence-electron chi connectivity index (χ4n) is 3.22. The number of carbonyl (C=O) groups is 1. The summed E-state index contributed by atoms with van der Waals surface area (Å²) in [6.07, 6.45) is 4.87. The number of rotatable bonds is 4. The highest BCUT2D eigenvalue weighted by Crippen LogP contribution is 2.26. The molecule has 4 aromatic heterocycles. The molecular formula is C22H17N7O2. The third kappa shape index (κ3) is 3.84. The standard InChI is InChI=1S/C22H17N7O2/c1-13-17-10-18(27-21(17)25-12-24-13)14-2-4-16(5-3-14)26-22(30)28-20-11-19(29-31-20)15-6-8-23-9-7-15/h2-12H,1H3,(H,24,25,27)(H2,26,28,30). The molecule has 0 aliphatic heterocycles. The maximum atomic E-state index is 12.3. The van der Waals surface area contributed by atoms with E-state index < -0.39 is 6.03 Å². The van der Waals surface area contributed by atoms with E-state index in [-0.39, 0.29) is 5.88 Å². The molecule has 0 saturated heterocycles. The molecule has 5 rings (SSSR count). The summed E-state index contributed by atoms with van der Waals surface area (Å²) in [5.74, 6) is 0.246. The number of benzene rings is 1. The molecule has 1 aromatic carbocycles. The van der Waals surface area contributed by atoms with Crippen molar-refractivity contribution >= 4 is 28.6 Å². The highest BCUT2D eigenvalue weighted by atomic mass is 16.5. The van der Waals surface area contributed by atoms with Gasteiger partial charge < -0.3 is 14.8 Å². The van der Waals surface area contributed by atoms with Crippen molar-refractivity contribution in [1.29, 1.82) is 0 Å². The number of pyridine rings is 1. The summed E-state index contributed by atoms with van der Waals surface area (Å²) < 4.78 is 5.19. The smallest absolute Gasteiger partial charge is 0.326 e. The SMILES string of the molecule is Cc1ncnc2[nH]c(-c3ccc(NC(=O)Nc4cc(-c5ccncc5)no4)cc3)cc12. The molecular weight excluding hydrogens is 394 g/mol. The topological polar surface area (TPSA) is 122 Å². The Balaban J connectivity index is 1.26. The third-order valence-corrected chi connectivity index (χ3v) is 4.80. The first kappa shape index (κ1) is 18.5. The zero-order valence-electron chi connectivity index (χ0n) is 16.5. The van der Waals surface area contributed by atoms with Crippen molar-refractivity contribution in [3.8, 4) is 22.5 Å². The van der Waals surface area contributed by atoms with Crippen molar-refractivity contribution in [3.05, 3.63) is 72.9 Å². The van der Waals surface area contributed by atoms with Crippen LogP contribution in [0.3, 0.4) is 0 Å². The molecule has 3 N–H and O–H groups in total. The van der Waals surface area contributed by atoms with Gasteiger partial charge in [-0.2, -0.15) is 0 Å². The van der Waals surface area contributed by atoms with Gasteiger partial charge in [0.15, 0.2) is 0 Å². The molecule has 9 heteroatoms. The predicted molar refractivity (Wildman–Crippen MR) is 116 cm³/mol. The van der Waals surface area contributed by atoms with E-state index in [1.54, 1.807) is 18.5 Å². The Kier molecular flexibility index (Phi) is 4.60. The lowest BCUT2D eigenvalue weighted by atomic mass is 10.1. The zero-order valence-corrected chi connectivity index (χ0v) is 16.5. The molecule has 0 atom stereocenters. The van der Waals surface area contributed by atoms with Crippen molar-refractivity contribution in [2.24, 2.45) is 0 Å². The highest BCUT2D eigenvalue weighted by molar-refractivity contribution is 5.99. The molecule has 4 heterocycles. The Hall–Kier alpha value is -4.53. The van der Waals surface area contributed by atoms with E-state index in [1.807, 2.05) is 49.4 Å². The van der Waals surface area contributed by atoms with Crippen molar-refractivity contribution in [1.82, 2.24) is 25.1 Å². The summed E-state index contributed by atoms with van der Waals surface area (Å²) in [6.45, 7) is 1.95. The first-order valence-corrected chi connectivity index (χ1v) is 9.51. The molecule has 31 heavy (non-hydrogen) atoms. The fourth-order valence-corrected chi connectivity index (χ4v) is 3.22. The van der Waals surface area contributed by atoms with E-state index in [2.05, 4.69) is 35.7 Å². The van der Waals surface area contributed by atoms with Gasteiger partial charge >= 0.3 is 6.03 Å². The van der Waals surface area contributed by atoms with Gasteiger partial charge in [-0.3, -0.25) is 10.3 Å². The Labute approximate surface area is 176 Å². The molecule has 0 saturated carbocycles. The van der Waals surface area contributed by atoms with E-state index >= 15 is 0 Å². The van der Waals surface area contributed by atoms with Crippen LogP contribution in [0.1, 0.15) is 5.69 Å². The van der Waals surface area contributed by atoms with Gasteiger partial charge in [0, 0.05) is 40.8 Å². The second-order valence-electron chi connectivity index (χ2n) is 6.87. The minimum Gasteiger partial charge on any atom is -0.339 e. The predicted octanol–water partition coefficient (Wildman–Crippen LogP) is 4.63. The van der Waals surface area contributed by atoms with Crippen molar-refractivity contribution in [2.75, 3.05) is 10.6 Å². The molecule has 9 nitrogen and oxygen atoms in total. The average molecular weight is 411 g/mol. The molecule has 0 bridgehead atoms. The van der Waals surface area contributed by atoms with Crippen LogP contribution < -0.4 is 10.6 Å². The van der Waals surface area contributed by atoms with Gasteiger partial charge in [-0.15, -0.1) is 0 Å². The van der Waals surface area contributed by atoms with Gasteiger partial charge in [0.05, 0.1) is 5.69 Å². The zero-order chi connectivity index (χ0) is 21.2. The second-order valence-corrected chi connectivity index (χ2v) is 6.87. The van der Waals surface area contributed by atoms with Gasteiger partial charge in [-0.25, -0.2) is 14.8 Å². The largest absolute Gasteiger partial charge is 0.339 e. The van der Waals surface area contributed by atoms with Crippen LogP contribution in [0.5, 0.6) is 0 Å². The number of fused-ring (bicyclic) bond motifs is 1. The Morgan fingerprint density at radius 2 is 1.77 bits per heavy atom. The first-order chi connectivity index (χ1) is 15.2. The first-order valence-electron chi connectivity index (χ1n) is 9.51. The number of nitrogens with zero attached hydrogens (tertiary/aromatic N) is 4. The highest BCUT2D eigenvalue weighted by Gasteiger charge is 2.11. The molecule has 0 radical (unpaired) electrons. The Morgan fingerprint density at radius 3 is 2.55 bits per heavy atom. The van der Waals surface area contributed by atoms with E-state index in [9.17, 15) is 4.79 Å². The van der Waals surface area contributed by atoms with Gasteiger partial charge in [0.1, 0.15) is 17.7 Å². The van der Waals surface area contributed by atoms with Crippen LogP contribution in [-0.2, 0) is 0 Å². The Morgan fingerprint density at radius 1 is 0.968 bits per heavy atom. The number of nitrogens with one attached hydrogen (secondary N) is 3. The minimum atomic E-state index is -0.429. The fraction of sp³-hybridized carbons (Fsp3) is 0.0455. The number of hydrogen-bond donors (Lipinski definition) is 3. The summed E-state index contributed by atoms with van der Waals surface area (Å²) >= 11 is 0. The van der Waals surface area contributed by atoms with E-state index in [4.69, 9.17) is 4.52 Å². The summed E-state index contributed by atoms with van der Waals surface area (Å²) in [5.41, 5.74) is 5.72. The minimum absolute atomic E-state index is 0.246. The third-order valence-electron chi connectivity index (χ3n) is 4.80. The van der Waals surface area contributed by atoms with Gasteiger partial charge in [-0.05, 0) is 42.8 Å². The van der Waals surface area contributed by atoms with Crippen LogP contribution in [0.4, 0.5) is 16.4 Å². The maximum absolute atomic E-state index is 12.3. The lowest BCUT2D eigenvalue weighted by molar-refractivity contribution is 0.261. The quantitative estimate of drug-likeness (QED) is 0.396. The van der Waals surface area contributed by atoms with E-state index in [0.717, 1.165) is 33.5 Å². The van der Waals surface area contributed by atoms with Crippen LogP contribution in [0.25, 0.3) is 33.5 Å². The lowest BCUT2D eigenvalue weighted by Gasteiger charge is -2.06. The molecule has 0 aliphatic carbocycles. The van der Waals surface area contributed by atoms with Gasteiger partial charge in [0.25, 0.3) is 0 Å². The van der Waals surface area contributed by atoms with Crippen LogP contribution in [0, 0.1) is 6.92 Å². The van der Waals surface area contributed by atoms with Gasteiger partial charge in [0.2, 0.25) is 5.88 Å². The maximum Gasteiger partial charge on any atom is 0.326 e. The van der Waals surface area contributed by atoms with Crippen molar-refractivity contribution in [3.63, 3.8) is 0 Å². The number of aryl methyl sites for hydroxylation is 1.